The number of halogens is 1. The second kappa shape index (κ2) is 11.9. The van der Waals surface area contributed by atoms with E-state index < -0.39 is 22.9 Å². The number of pyridine rings is 1. The molecule has 11 nitrogen and oxygen atoms in total. The molecule has 0 saturated carbocycles. The van der Waals surface area contributed by atoms with Gasteiger partial charge in [0.05, 0.1) is 0 Å². The summed E-state index contributed by atoms with van der Waals surface area (Å²) in [5, 5.41) is 19.3. The zero-order valence-electron chi connectivity index (χ0n) is 25.0. The number of carbonyl (C=O) groups is 2. The molecule has 1 aliphatic rings. The molecule has 0 saturated heterocycles. The Labute approximate surface area is 244 Å². The largest absolute Gasteiger partial charge is 0.444 e. The number of rotatable bonds is 7. The van der Waals surface area contributed by atoms with Crippen molar-refractivity contribution in [2.24, 2.45) is 0 Å². The molecule has 1 aliphatic heterocycles. The first-order chi connectivity index (χ1) is 19.6. The van der Waals surface area contributed by atoms with Gasteiger partial charge in [-0.2, -0.15) is 4.98 Å². The summed E-state index contributed by atoms with van der Waals surface area (Å²) in [6.07, 6.45) is 1.73. The van der Waals surface area contributed by atoms with E-state index >= 15 is 0 Å². The van der Waals surface area contributed by atoms with Gasteiger partial charge in [0.1, 0.15) is 39.9 Å². The van der Waals surface area contributed by atoms with Gasteiger partial charge in [0.15, 0.2) is 0 Å². The molecule has 1 aromatic carbocycles. The number of anilines is 4. The topological polar surface area (TPSA) is 142 Å². The second-order valence-corrected chi connectivity index (χ2v) is 12.1. The van der Waals surface area contributed by atoms with Crippen LogP contribution in [0.1, 0.15) is 75.6 Å². The molecule has 0 radical (unpaired) electrons. The molecule has 4 rings (SSSR count). The summed E-state index contributed by atoms with van der Waals surface area (Å²) in [6.45, 7) is 13.0. The van der Waals surface area contributed by atoms with Gasteiger partial charge in [0.2, 0.25) is 5.95 Å². The van der Waals surface area contributed by atoms with E-state index in [1.165, 1.54) is 32.2 Å². The Morgan fingerprint density at radius 3 is 2.45 bits per heavy atom. The number of hydrogen-bond acceptors (Lipinski definition) is 9. The van der Waals surface area contributed by atoms with E-state index in [1.54, 1.807) is 4.90 Å². The summed E-state index contributed by atoms with van der Waals surface area (Å²) in [6, 6.07) is 8.26. The highest BCUT2D eigenvalue weighted by molar-refractivity contribution is 5.99. The van der Waals surface area contributed by atoms with E-state index in [2.05, 4.69) is 30.9 Å². The van der Waals surface area contributed by atoms with Crippen molar-refractivity contribution < 1.29 is 23.8 Å². The van der Waals surface area contributed by atoms with Crippen molar-refractivity contribution in [1.29, 1.82) is 0 Å². The number of carbonyl (C=O) groups excluding carboxylic acids is 2. The van der Waals surface area contributed by atoms with Crippen molar-refractivity contribution in [3.05, 3.63) is 64.7 Å². The molecule has 0 spiro atoms. The van der Waals surface area contributed by atoms with E-state index in [4.69, 9.17) is 4.74 Å². The van der Waals surface area contributed by atoms with Gasteiger partial charge in [0.25, 0.3) is 5.91 Å². The van der Waals surface area contributed by atoms with Gasteiger partial charge in [-0.05, 0) is 90.3 Å². The monoisotopic (exact) mass is 579 g/mol. The van der Waals surface area contributed by atoms with Crippen molar-refractivity contribution in [1.82, 2.24) is 25.2 Å². The molecule has 0 atom stereocenters. The van der Waals surface area contributed by atoms with E-state index in [-0.39, 0.29) is 41.0 Å². The van der Waals surface area contributed by atoms with Gasteiger partial charge in [0, 0.05) is 31.0 Å². The smallest absolute Gasteiger partial charge is 0.410 e. The first-order valence-electron chi connectivity index (χ1n) is 13.8. The van der Waals surface area contributed by atoms with Crippen molar-refractivity contribution in [2.45, 2.75) is 78.7 Å². The lowest BCUT2D eigenvalue weighted by molar-refractivity contribution is 0.0223. The van der Waals surface area contributed by atoms with Crippen molar-refractivity contribution in [3.63, 3.8) is 0 Å². The van der Waals surface area contributed by atoms with Crippen LogP contribution >= 0.6 is 0 Å². The minimum atomic E-state index is -1.52. The van der Waals surface area contributed by atoms with Crippen LogP contribution in [0.4, 0.5) is 32.5 Å². The van der Waals surface area contributed by atoms with Gasteiger partial charge in [-0.1, -0.05) is 6.07 Å². The molecule has 2 aromatic heterocycles. The molecule has 12 heteroatoms. The van der Waals surface area contributed by atoms with Crippen molar-refractivity contribution in [2.75, 3.05) is 17.2 Å². The molecule has 0 unspecified atom stereocenters. The Hall–Kier alpha value is -4.32. The van der Waals surface area contributed by atoms with Crippen LogP contribution in [0, 0.1) is 5.82 Å². The summed E-state index contributed by atoms with van der Waals surface area (Å²) < 4.78 is 19.9. The van der Waals surface area contributed by atoms with Crippen LogP contribution in [0.2, 0.25) is 0 Å². The van der Waals surface area contributed by atoms with Crippen LogP contribution in [-0.2, 0) is 23.3 Å². The summed E-state index contributed by atoms with van der Waals surface area (Å²) in [4.78, 5) is 40.3. The zero-order valence-corrected chi connectivity index (χ0v) is 25.0. The van der Waals surface area contributed by atoms with Crippen LogP contribution in [0.15, 0.2) is 36.5 Å². The highest BCUT2D eigenvalue weighted by atomic mass is 19.1. The minimum Gasteiger partial charge on any atom is -0.444 e. The number of nitrogens with one attached hydrogen (secondary N) is 3. The van der Waals surface area contributed by atoms with Crippen molar-refractivity contribution in [3.8, 4) is 0 Å². The first kappa shape index (κ1) is 30.6. The third kappa shape index (κ3) is 7.69. The Morgan fingerprint density at radius 1 is 1.05 bits per heavy atom. The lowest BCUT2D eigenvalue weighted by atomic mass is 9.99. The molecule has 4 N–H and O–H groups in total. The minimum absolute atomic E-state index is 0.135. The van der Waals surface area contributed by atoms with E-state index in [0.717, 1.165) is 11.1 Å². The fourth-order valence-corrected chi connectivity index (χ4v) is 4.35. The molecule has 0 bridgehead atoms. The van der Waals surface area contributed by atoms with E-state index in [9.17, 15) is 19.1 Å². The number of ether oxygens (including phenoxy) is 1. The van der Waals surface area contributed by atoms with Gasteiger partial charge in [-0.3, -0.25) is 4.79 Å². The molecule has 0 fully saturated rings. The van der Waals surface area contributed by atoms with Gasteiger partial charge in [-0.25, -0.2) is 19.2 Å². The maximum Gasteiger partial charge on any atom is 0.410 e. The Balaban J connectivity index is 1.61. The standard InChI is InChI=1S/C30H38FN7O4/c1-17(2)33-26(39)21-15-32-27(37-25(21)36-23-11-10-22(31)24(35-23)30(6,7)41)34-20-9-8-18-12-13-38(16-19(18)14-20)28(40)42-29(3,4)5/h8-11,14-15,17,41H,12-13,16H2,1-7H3,(H,33,39)(H2,32,34,35,36,37). The Morgan fingerprint density at radius 2 is 1.79 bits per heavy atom. The maximum absolute atomic E-state index is 14.3. The summed E-state index contributed by atoms with van der Waals surface area (Å²) >= 11 is 0. The summed E-state index contributed by atoms with van der Waals surface area (Å²) in [5.41, 5.74) is 0.693. The fourth-order valence-electron chi connectivity index (χ4n) is 4.35. The number of benzene rings is 1. The van der Waals surface area contributed by atoms with Gasteiger partial charge >= 0.3 is 6.09 Å². The maximum atomic E-state index is 14.3. The van der Waals surface area contributed by atoms with Crippen LogP contribution in [0.3, 0.4) is 0 Å². The predicted octanol–water partition coefficient (Wildman–Crippen LogP) is 5.16. The molecule has 224 valence electrons. The lowest BCUT2D eigenvalue weighted by Gasteiger charge is -2.31. The number of aromatic nitrogens is 3. The number of aliphatic hydroxyl groups is 1. The van der Waals surface area contributed by atoms with Crippen LogP contribution in [0.5, 0.6) is 0 Å². The van der Waals surface area contributed by atoms with Crippen molar-refractivity contribution >= 4 is 35.3 Å². The Kier molecular flexibility index (Phi) is 8.67. The number of nitrogens with zero attached hydrogens (tertiary/aromatic N) is 4. The highest BCUT2D eigenvalue weighted by Gasteiger charge is 2.26. The SMILES string of the molecule is CC(C)NC(=O)c1cnc(Nc2ccc3c(c2)CN(C(=O)OC(C)(C)C)CC3)nc1Nc1ccc(F)c(C(C)(C)O)n1. The number of hydrogen-bond donors (Lipinski definition) is 4. The second-order valence-electron chi connectivity index (χ2n) is 12.1. The van der Waals surface area contributed by atoms with Crippen LogP contribution in [0.25, 0.3) is 0 Å². The average Bonchev–Trinajstić information content (AvgIpc) is 2.87. The van der Waals surface area contributed by atoms with Crippen LogP contribution < -0.4 is 16.0 Å². The molecule has 2 amide bonds. The van der Waals surface area contributed by atoms with E-state index in [0.29, 0.717) is 25.2 Å². The van der Waals surface area contributed by atoms with E-state index in [1.807, 2.05) is 52.8 Å². The lowest BCUT2D eigenvalue weighted by Crippen LogP contribution is -2.39. The number of fused-ring (bicyclic) bond motifs is 1. The van der Waals surface area contributed by atoms with Gasteiger partial charge in [-0.15, -0.1) is 0 Å². The zero-order chi connectivity index (χ0) is 30.8. The first-order valence-corrected chi connectivity index (χ1v) is 13.8. The molecular weight excluding hydrogens is 541 g/mol. The van der Waals surface area contributed by atoms with Crippen LogP contribution in [-0.4, -0.2) is 55.1 Å². The molecule has 3 heterocycles. The third-order valence-electron chi connectivity index (χ3n) is 6.25. The third-order valence-corrected chi connectivity index (χ3v) is 6.25. The molecule has 42 heavy (non-hydrogen) atoms. The molecule has 0 aliphatic carbocycles. The molecular formula is C30H38FN7O4. The molecule has 3 aromatic rings. The Bertz CT molecular complexity index is 1480. The fraction of sp³-hybridized carbons (Fsp3) is 0.433. The summed E-state index contributed by atoms with van der Waals surface area (Å²) in [5.74, 6) is -0.537. The number of amides is 2. The van der Waals surface area contributed by atoms with Gasteiger partial charge < -0.3 is 30.7 Å². The average molecular weight is 580 g/mol. The normalized spacial score (nSPS) is 13.4. The predicted molar refractivity (Wildman–Crippen MR) is 157 cm³/mol. The highest BCUT2D eigenvalue weighted by Crippen LogP contribution is 2.28. The summed E-state index contributed by atoms with van der Waals surface area (Å²) in [7, 11) is 0. The quantitative estimate of drug-likeness (QED) is 0.299.